The second kappa shape index (κ2) is 17.8. The van der Waals surface area contributed by atoms with E-state index in [1.165, 1.54) is 29.5 Å². The minimum atomic E-state index is -0.0351. The standard InChI is InChI=1S/C24H31N3O2.C24H29N3O2/c2*1-3-27(4-2)23(29)22-8-6-18(16-26-22)21-15-24(9-11-25-12-10-24)14-17-5-7-19(28)13-20(17)21/h5-8,13,16,21,25,28H,3-4,9-12,14-15H2,1-2H3;5-8,13,15-16,25,28H,3-4,9-12,14H2,1-2H3. The number of carbonyl (C=O) groups is 2. The number of piperidine rings is 2. The second-order valence-corrected chi connectivity index (χ2v) is 16.6. The molecule has 0 saturated carbocycles. The van der Waals surface area contributed by atoms with Gasteiger partial charge in [0.05, 0.1) is 0 Å². The predicted molar refractivity (Wildman–Crippen MR) is 229 cm³/mol. The number of rotatable bonds is 8. The average Bonchev–Trinajstić information content (AvgIpc) is 3.25. The second-order valence-electron chi connectivity index (χ2n) is 16.6. The van der Waals surface area contributed by atoms with Gasteiger partial charge in [-0.25, -0.2) is 0 Å². The number of hydrogen-bond acceptors (Lipinski definition) is 8. The van der Waals surface area contributed by atoms with Crippen LogP contribution in [0.15, 0.2) is 79.1 Å². The first kappa shape index (κ1) is 41.1. The third-order valence-corrected chi connectivity index (χ3v) is 13.2. The van der Waals surface area contributed by atoms with Crippen LogP contribution in [0.1, 0.15) is 120 Å². The van der Waals surface area contributed by atoms with E-state index in [1.54, 1.807) is 28.1 Å². The summed E-state index contributed by atoms with van der Waals surface area (Å²) in [7, 11) is 0. The Morgan fingerprint density at radius 1 is 0.690 bits per heavy atom. The third-order valence-electron chi connectivity index (χ3n) is 13.2. The fraction of sp³-hybridized carbons (Fsp3) is 0.458. The lowest BCUT2D eigenvalue weighted by Gasteiger charge is -2.45. The number of allylic oxidation sites excluding steroid dienone is 1. The van der Waals surface area contributed by atoms with E-state index in [9.17, 15) is 19.8 Å². The van der Waals surface area contributed by atoms with Gasteiger partial charge in [0.15, 0.2) is 0 Å². The number of fused-ring (bicyclic) bond motifs is 2. The maximum atomic E-state index is 12.6. The minimum absolute atomic E-state index is 0.0157. The van der Waals surface area contributed by atoms with E-state index in [-0.39, 0.29) is 28.9 Å². The number of benzene rings is 2. The zero-order chi connectivity index (χ0) is 40.9. The molecule has 2 fully saturated rings. The topological polar surface area (TPSA) is 131 Å². The van der Waals surface area contributed by atoms with Crippen LogP contribution in [0.2, 0.25) is 0 Å². The summed E-state index contributed by atoms with van der Waals surface area (Å²) in [5.41, 5.74) is 9.53. The fourth-order valence-corrected chi connectivity index (χ4v) is 9.75. The van der Waals surface area contributed by atoms with Gasteiger partial charge in [0, 0.05) is 50.1 Å². The van der Waals surface area contributed by atoms with E-state index in [1.807, 2.05) is 70.3 Å². The van der Waals surface area contributed by atoms with Crippen LogP contribution in [0.3, 0.4) is 0 Å². The van der Waals surface area contributed by atoms with Crippen molar-refractivity contribution < 1.29 is 19.8 Å². The van der Waals surface area contributed by atoms with Gasteiger partial charge in [-0.1, -0.05) is 30.3 Å². The lowest BCUT2D eigenvalue weighted by atomic mass is 9.62. The van der Waals surface area contributed by atoms with Crippen LogP contribution < -0.4 is 10.6 Å². The zero-order valence-electron chi connectivity index (χ0n) is 34.7. The lowest BCUT2D eigenvalue weighted by molar-refractivity contribution is 0.0759. The van der Waals surface area contributed by atoms with E-state index in [0.717, 1.165) is 80.5 Å². The van der Waals surface area contributed by atoms with E-state index in [2.05, 4.69) is 38.8 Å². The van der Waals surface area contributed by atoms with Gasteiger partial charge in [0.1, 0.15) is 22.9 Å². The van der Waals surface area contributed by atoms with Crippen LogP contribution in [0.4, 0.5) is 0 Å². The highest BCUT2D eigenvalue weighted by atomic mass is 16.3. The summed E-state index contributed by atoms with van der Waals surface area (Å²) in [5.74, 6) is 0.743. The quantitative estimate of drug-likeness (QED) is 0.146. The molecule has 4 N–H and O–H groups in total. The number of carbonyl (C=O) groups excluding carboxylic acids is 2. The first-order valence-electron chi connectivity index (χ1n) is 21.4. The van der Waals surface area contributed by atoms with Gasteiger partial charge in [-0.05, 0) is 179 Å². The van der Waals surface area contributed by atoms with Crippen molar-refractivity contribution in [1.29, 1.82) is 0 Å². The Labute approximate surface area is 343 Å². The number of amides is 2. The Morgan fingerprint density at radius 2 is 1.26 bits per heavy atom. The number of aromatic nitrogens is 2. The van der Waals surface area contributed by atoms with Crippen LogP contribution in [0.25, 0.3) is 5.57 Å². The molecule has 2 saturated heterocycles. The predicted octanol–water partition coefficient (Wildman–Crippen LogP) is 7.34. The summed E-state index contributed by atoms with van der Waals surface area (Å²) in [6, 6.07) is 19.2. The Morgan fingerprint density at radius 3 is 1.83 bits per heavy atom. The van der Waals surface area contributed by atoms with Crippen molar-refractivity contribution in [1.82, 2.24) is 30.4 Å². The zero-order valence-corrected chi connectivity index (χ0v) is 34.7. The van der Waals surface area contributed by atoms with Gasteiger partial charge in [-0.2, -0.15) is 0 Å². The summed E-state index contributed by atoms with van der Waals surface area (Å²) >= 11 is 0. The average molecular weight is 785 g/mol. The number of nitrogens with zero attached hydrogens (tertiary/aromatic N) is 4. The maximum absolute atomic E-state index is 12.6. The van der Waals surface area contributed by atoms with Gasteiger partial charge in [0.2, 0.25) is 0 Å². The molecular weight excluding hydrogens is 725 g/mol. The molecule has 58 heavy (non-hydrogen) atoms. The number of nitrogens with one attached hydrogen (secondary N) is 2. The van der Waals surface area contributed by atoms with E-state index in [0.29, 0.717) is 48.7 Å². The molecule has 2 aliphatic heterocycles. The molecule has 306 valence electrons. The Balaban J connectivity index is 0.000000177. The van der Waals surface area contributed by atoms with Crippen LogP contribution in [-0.2, 0) is 12.8 Å². The highest BCUT2D eigenvalue weighted by Gasteiger charge is 2.41. The summed E-state index contributed by atoms with van der Waals surface area (Å²) in [6.07, 6.45) is 13.8. The molecule has 2 amide bonds. The van der Waals surface area contributed by atoms with Crippen molar-refractivity contribution in [2.75, 3.05) is 52.4 Å². The van der Waals surface area contributed by atoms with Gasteiger partial charge < -0.3 is 30.6 Å². The molecule has 4 heterocycles. The van der Waals surface area contributed by atoms with Crippen molar-refractivity contribution >= 4 is 17.4 Å². The number of aromatic hydroxyl groups is 2. The van der Waals surface area contributed by atoms with E-state index in [4.69, 9.17) is 0 Å². The molecular formula is C48H60N6O4. The fourth-order valence-electron chi connectivity index (χ4n) is 9.75. The van der Waals surface area contributed by atoms with Crippen molar-refractivity contribution in [3.8, 4) is 11.5 Å². The van der Waals surface area contributed by atoms with Crippen LogP contribution in [0.5, 0.6) is 11.5 Å². The van der Waals surface area contributed by atoms with Gasteiger partial charge in [0.25, 0.3) is 11.8 Å². The SMILES string of the molecule is CCN(CC)C(=O)c1ccc(C2=CC3(CCNCC3)Cc3ccc(O)cc32)cn1.CCN(CC)C(=O)c1ccc(C2CC3(CCNCC3)Cc3ccc(O)cc32)cn1. The normalized spacial score (nSPS) is 18.9. The van der Waals surface area contributed by atoms with Gasteiger partial charge in [-0.15, -0.1) is 0 Å². The largest absolute Gasteiger partial charge is 0.508 e. The summed E-state index contributed by atoms with van der Waals surface area (Å²) in [5, 5.41) is 27.1. The molecule has 1 atom stereocenters. The van der Waals surface area contributed by atoms with Gasteiger partial charge in [-0.3, -0.25) is 19.6 Å². The molecule has 8 rings (SSSR count). The van der Waals surface area contributed by atoms with Crippen LogP contribution in [-0.4, -0.2) is 94.2 Å². The molecule has 4 aromatic rings. The number of hydrogen-bond donors (Lipinski definition) is 4. The van der Waals surface area contributed by atoms with Crippen molar-refractivity contribution in [3.05, 3.63) is 124 Å². The highest BCUT2D eigenvalue weighted by molar-refractivity contribution is 5.93. The molecule has 0 radical (unpaired) electrons. The van der Waals surface area contributed by atoms with Crippen molar-refractivity contribution in [3.63, 3.8) is 0 Å². The summed E-state index contributed by atoms with van der Waals surface area (Å²) in [6.45, 7) is 14.8. The van der Waals surface area contributed by atoms with E-state index >= 15 is 0 Å². The molecule has 10 nitrogen and oxygen atoms in total. The first-order chi connectivity index (χ1) is 28.1. The molecule has 2 aromatic heterocycles. The first-order valence-corrected chi connectivity index (χ1v) is 21.4. The number of phenols is 2. The van der Waals surface area contributed by atoms with Crippen LogP contribution >= 0.6 is 0 Å². The van der Waals surface area contributed by atoms with Crippen LogP contribution in [0, 0.1) is 10.8 Å². The lowest BCUT2D eigenvalue weighted by Crippen LogP contribution is -2.41. The molecule has 0 bridgehead atoms. The molecule has 10 heteroatoms. The summed E-state index contributed by atoms with van der Waals surface area (Å²) < 4.78 is 0. The third kappa shape index (κ3) is 8.69. The smallest absolute Gasteiger partial charge is 0.272 e. The molecule has 2 spiro atoms. The number of pyridine rings is 2. The van der Waals surface area contributed by atoms with Gasteiger partial charge >= 0.3 is 0 Å². The Bertz CT molecular complexity index is 2090. The Kier molecular flexibility index (Phi) is 12.6. The maximum Gasteiger partial charge on any atom is 0.272 e. The summed E-state index contributed by atoms with van der Waals surface area (Å²) in [4.78, 5) is 37.8. The van der Waals surface area contributed by atoms with Crippen molar-refractivity contribution in [2.24, 2.45) is 10.8 Å². The van der Waals surface area contributed by atoms with Crippen molar-refractivity contribution in [2.45, 2.75) is 78.6 Å². The minimum Gasteiger partial charge on any atom is -0.508 e. The monoisotopic (exact) mass is 784 g/mol. The molecule has 2 aliphatic carbocycles. The Hall–Kier alpha value is -5.06. The molecule has 4 aliphatic rings. The number of phenolic OH excluding ortho intramolecular Hbond substituents is 2. The molecule has 1 unspecified atom stereocenters. The molecule has 2 aromatic carbocycles. The van der Waals surface area contributed by atoms with E-state index < -0.39 is 0 Å². The highest BCUT2D eigenvalue weighted by Crippen LogP contribution is 2.50.